The molecule has 0 spiro atoms. The second kappa shape index (κ2) is 9.22. The van der Waals surface area contributed by atoms with Gasteiger partial charge in [-0.3, -0.25) is 9.59 Å². The third kappa shape index (κ3) is 4.44. The summed E-state index contributed by atoms with van der Waals surface area (Å²) in [5.41, 5.74) is 2.67. The molecule has 3 aromatic rings. The van der Waals surface area contributed by atoms with Gasteiger partial charge in [-0.1, -0.05) is 67.6 Å². The molecular formula is C24H25N3O2S. The standard InChI is InChI=1S/C24H25N3O2S/c1-2-20(28)25-19-14-9-15-27(16-19)24(29)22-21(17-10-5-3-6-11-17)26-23(30-22)18-12-7-4-8-13-18/h3-8,10-13,19H,2,9,14-16H2,1H3,(H,25,28). The lowest BCUT2D eigenvalue weighted by Gasteiger charge is -2.33. The van der Waals surface area contributed by atoms with Crippen LogP contribution in [0.3, 0.4) is 0 Å². The predicted molar refractivity (Wildman–Crippen MR) is 120 cm³/mol. The van der Waals surface area contributed by atoms with Crippen LogP contribution in [0, 0.1) is 0 Å². The van der Waals surface area contributed by atoms with Crippen LogP contribution in [0.5, 0.6) is 0 Å². The molecule has 1 saturated heterocycles. The molecule has 1 aliphatic heterocycles. The number of carbonyl (C=O) groups excluding carboxylic acids is 2. The zero-order valence-electron chi connectivity index (χ0n) is 17.0. The van der Waals surface area contributed by atoms with Gasteiger partial charge in [0.1, 0.15) is 9.88 Å². The van der Waals surface area contributed by atoms with Crippen LogP contribution in [0.2, 0.25) is 0 Å². The number of likely N-dealkylation sites (tertiary alicyclic amines) is 1. The first-order valence-electron chi connectivity index (χ1n) is 10.4. The number of hydrogen-bond donors (Lipinski definition) is 1. The second-order valence-electron chi connectivity index (χ2n) is 7.44. The molecule has 1 fully saturated rings. The van der Waals surface area contributed by atoms with Crippen LogP contribution in [0.1, 0.15) is 35.9 Å². The third-order valence-corrected chi connectivity index (χ3v) is 6.38. The van der Waals surface area contributed by atoms with Crippen LogP contribution in [0.15, 0.2) is 60.7 Å². The van der Waals surface area contributed by atoms with Gasteiger partial charge in [-0.05, 0) is 12.8 Å². The van der Waals surface area contributed by atoms with Gasteiger partial charge in [0.2, 0.25) is 5.91 Å². The Morgan fingerprint density at radius 2 is 1.73 bits per heavy atom. The van der Waals surface area contributed by atoms with E-state index in [1.54, 1.807) is 0 Å². The van der Waals surface area contributed by atoms with Gasteiger partial charge in [0.15, 0.2) is 0 Å². The smallest absolute Gasteiger partial charge is 0.266 e. The van der Waals surface area contributed by atoms with E-state index < -0.39 is 0 Å². The molecule has 0 saturated carbocycles. The molecule has 1 N–H and O–H groups in total. The SMILES string of the molecule is CCC(=O)NC1CCCN(C(=O)c2sc(-c3ccccc3)nc2-c2ccccc2)C1. The maximum Gasteiger partial charge on any atom is 0.266 e. The Hall–Kier alpha value is -2.99. The molecule has 6 heteroatoms. The summed E-state index contributed by atoms with van der Waals surface area (Å²) in [5.74, 6) is 0.0207. The van der Waals surface area contributed by atoms with Gasteiger partial charge in [0, 0.05) is 36.7 Å². The van der Waals surface area contributed by atoms with Gasteiger partial charge >= 0.3 is 0 Å². The first kappa shape index (κ1) is 20.3. The van der Waals surface area contributed by atoms with Crippen LogP contribution >= 0.6 is 11.3 Å². The van der Waals surface area contributed by atoms with Crippen molar-refractivity contribution in [3.8, 4) is 21.8 Å². The number of nitrogens with zero attached hydrogens (tertiary/aromatic N) is 2. The van der Waals surface area contributed by atoms with E-state index in [9.17, 15) is 9.59 Å². The van der Waals surface area contributed by atoms with E-state index in [1.165, 1.54) is 11.3 Å². The van der Waals surface area contributed by atoms with E-state index in [2.05, 4.69) is 5.32 Å². The largest absolute Gasteiger partial charge is 0.352 e. The van der Waals surface area contributed by atoms with Crippen molar-refractivity contribution >= 4 is 23.2 Å². The van der Waals surface area contributed by atoms with Crippen molar-refractivity contribution in [3.05, 3.63) is 65.5 Å². The maximum absolute atomic E-state index is 13.5. The molecule has 1 aliphatic rings. The normalized spacial score (nSPS) is 16.3. The Bertz CT molecular complexity index is 1020. The minimum atomic E-state index is -0.0102. The molecule has 1 unspecified atom stereocenters. The van der Waals surface area contributed by atoms with Crippen molar-refractivity contribution in [3.63, 3.8) is 0 Å². The lowest BCUT2D eigenvalue weighted by Crippen LogP contribution is -2.49. The van der Waals surface area contributed by atoms with Gasteiger partial charge in [0.05, 0.1) is 5.69 Å². The van der Waals surface area contributed by atoms with Crippen molar-refractivity contribution in [1.29, 1.82) is 0 Å². The molecule has 4 rings (SSSR count). The number of rotatable bonds is 5. The zero-order valence-corrected chi connectivity index (χ0v) is 17.8. The number of carbonyl (C=O) groups is 2. The molecule has 2 aromatic carbocycles. The minimum absolute atomic E-state index is 0.0102. The van der Waals surface area contributed by atoms with Gasteiger partial charge < -0.3 is 10.2 Å². The highest BCUT2D eigenvalue weighted by Gasteiger charge is 2.29. The van der Waals surface area contributed by atoms with Crippen LogP contribution in [0.4, 0.5) is 0 Å². The van der Waals surface area contributed by atoms with E-state index in [0.717, 1.165) is 34.7 Å². The van der Waals surface area contributed by atoms with E-state index in [1.807, 2.05) is 72.5 Å². The Kier molecular flexibility index (Phi) is 6.23. The molecule has 2 amide bonds. The third-order valence-electron chi connectivity index (χ3n) is 5.28. The van der Waals surface area contributed by atoms with Crippen molar-refractivity contribution in [2.75, 3.05) is 13.1 Å². The Morgan fingerprint density at radius 1 is 1.07 bits per heavy atom. The van der Waals surface area contributed by atoms with E-state index in [-0.39, 0.29) is 17.9 Å². The zero-order chi connectivity index (χ0) is 20.9. The number of amides is 2. The lowest BCUT2D eigenvalue weighted by molar-refractivity contribution is -0.121. The molecule has 5 nitrogen and oxygen atoms in total. The van der Waals surface area contributed by atoms with Crippen molar-refractivity contribution < 1.29 is 9.59 Å². The summed E-state index contributed by atoms with van der Waals surface area (Å²) >= 11 is 1.44. The number of hydrogen-bond acceptors (Lipinski definition) is 4. The van der Waals surface area contributed by atoms with Gasteiger partial charge in [-0.25, -0.2) is 4.98 Å². The van der Waals surface area contributed by atoms with Gasteiger partial charge in [0.25, 0.3) is 5.91 Å². The molecule has 154 valence electrons. The summed E-state index contributed by atoms with van der Waals surface area (Å²) in [6.45, 7) is 3.08. The minimum Gasteiger partial charge on any atom is -0.352 e. The average molecular weight is 420 g/mol. The highest BCUT2D eigenvalue weighted by molar-refractivity contribution is 7.17. The van der Waals surface area contributed by atoms with E-state index >= 15 is 0 Å². The Balaban J connectivity index is 1.66. The molecule has 1 aromatic heterocycles. The quantitative estimate of drug-likeness (QED) is 0.657. The lowest BCUT2D eigenvalue weighted by atomic mass is 10.0. The highest BCUT2D eigenvalue weighted by Crippen LogP contribution is 2.35. The highest BCUT2D eigenvalue weighted by atomic mass is 32.1. The first-order valence-corrected chi connectivity index (χ1v) is 11.2. The molecule has 2 heterocycles. The van der Waals surface area contributed by atoms with Crippen LogP contribution in [-0.4, -0.2) is 40.8 Å². The first-order chi connectivity index (χ1) is 14.7. The molecular weight excluding hydrogens is 394 g/mol. The van der Waals surface area contributed by atoms with Crippen LogP contribution in [0.25, 0.3) is 21.8 Å². The fourth-order valence-electron chi connectivity index (χ4n) is 3.71. The topological polar surface area (TPSA) is 62.3 Å². The second-order valence-corrected chi connectivity index (χ2v) is 8.44. The van der Waals surface area contributed by atoms with Crippen molar-refractivity contribution in [2.45, 2.75) is 32.2 Å². The van der Waals surface area contributed by atoms with Crippen molar-refractivity contribution in [2.24, 2.45) is 0 Å². The summed E-state index contributed by atoms with van der Waals surface area (Å²) in [6, 6.07) is 19.8. The fourth-order valence-corrected chi connectivity index (χ4v) is 4.77. The predicted octanol–water partition coefficient (Wildman–Crippen LogP) is 4.61. The number of thiazole rings is 1. The Morgan fingerprint density at radius 3 is 2.40 bits per heavy atom. The molecule has 1 atom stereocenters. The number of piperidine rings is 1. The number of nitrogens with one attached hydrogen (secondary N) is 1. The molecule has 0 aliphatic carbocycles. The van der Waals surface area contributed by atoms with Crippen LogP contribution < -0.4 is 5.32 Å². The Labute approximate surface area is 180 Å². The summed E-state index contributed by atoms with van der Waals surface area (Å²) in [5, 5.41) is 3.88. The summed E-state index contributed by atoms with van der Waals surface area (Å²) in [6.07, 6.45) is 2.24. The molecule has 0 radical (unpaired) electrons. The summed E-state index contributed by atoms with van der Waals surface area (Å²) < 4.78 is 0. The summed E-state index contributed by atoms with van der Waals surface area (Å²) in [4.78, 5) is 32.7. The van der Waals surface area contributed by atoms with Gasteiger partial charge in [-0.2, -0.15) is 0 Å². The van der Waals surface area contributed by atoms with E-state index in [0.29, 0.717) is 24.4 Å². The van der Waals surface area contributed by atoms with Crippen LogP contribution in [-0.2, 0) is 4.79 Å². The van der Waals surface area contributed by atoms with E-state index in [4.69, 9.17) is 4.98 Å². The number of benzene rings is 2. The van der Waals surface area contributed by atoms with Gasteiger partial charge in [-0.15, -0.1) is 11.3 Å². The average Bonchev–Trinajstić information content (AvgIpc) is 3.25. The molecule has 30 heavy (non-hydrogen) atoms. The maximum atomic E-state index is 13.5. The monoisotopic (exact) mass is 419 g/mol. The van der Waals surface area contributed by atoms with Crippen molar-refractivity contribution in [1.82, 2.24) is 15.2 Å². The number of aromatic nitrogens is 1. The fraction of sp³-hybridized carbons (Fsp3) is 0.292. The summed E-state index contributed by atoms with van der Waals surface area (Å²) in [7, 11) is 0. The molecule has 0 bridgehead atoms.